The Labute approximate surface area is 112 Å². The SMILES string of the molecule is Cc1ccc(NC(C(=O)O)c2cccc(C)c2)cc1. The molecule has 2 N–H and O–H groups in total. The number of anilines is 1. The smallest absolute Gasteiger partial charge is 0.330 e. The van der Waals surface area contributed by atoms with E-state index >= 15 is 0 Å². The van der Waals surface area contributed by atoms with Gasteiger partial charge in [0, 0.05) is 5.69 Å². The minimum Gasteiger partial charge on any atom is -0.479 e. The summed E-state index contributed by atoms with van der Waals surface area (Å²) in [5.41, 5.74) is 3.76. The molecule has 0 fully saturated rings. The first kappa shape index (κ1) is 13.1. The maximum Gasteiger partial charge on any atom is 0.330 e. The highest BCUT2D eigenvalue weighted by atomic mass is 16.4. The van der Waals surface area contributed by atoms with Crippen molar-refractivity contribution < 1.29 is 9.90 Å². The predicted molar refractivity (Wildman–Crippen MR) is 76.4 cm³/mol. The van der Waals surface area contributed by atoms with Crippen molar-refractivity contribution >= 4 is 11.7 Å². The van der Waals surface area contributed by atoms with Gasteiger partial charge in [-0.25, -0.2) is 4.79 Å². The summed E-state index contributed by atoms with van der Waals surface area (Å²) in [5.74, 6) is -0.883. The Hall–Kier alpha value is -2.29. The lowest BCUT2D eigenvalue weighted by Crippen LogP contribution is -2.20. The van der Waals surface area contributed by atoms with Crippen molar-refractivity contribution in [2.24, 2.45) is 0 Å². The van der Waals surface area contributed by atoms with Crippen LogP contribution in [0.2, 0.25) is 0 Å². The van der Waals surface area contributed by atoms with Gasteiger partial charge >= 0.3 is 5.97 Å². The molecule has 0 saturated carbocycles. The van der Waals surface area contributed by atoms with Crippen LogP contribution >= 0.6 is 0 Å². The van der Waals surface area contributed by atoms with E-state index in [0.717, 1.165) is 22.4 Å². The number of rotatable bonds is 4. The lowest BCUT2D eigenvalue weighted by atomic mass is 10.0. The number of benzene rings is 2. The average Bonchev–Trinajstić information content (AvgIpc) is 2.37. The molecule has 0 aliphatic carbocycles. The van der Waals surface area contributed by atoms with Crippen molar-refractivity contribution in [3.8, 4) is 0 Å². The lowest BCUT2D eigenvalue weighted by molar-refractivity contribution is -0.138. The Bertz CT molecular complexity index is 576. The molecular formula is C16H17NO2. The fourth-order valence-electron chi connectivity index (χ4n) is 1.95. The molecule has 0 saturated heterocycles. The van der Waals surface area contributed by atoms with Crippen LogP contribution in [0.3, 0.4) is 0 Å². The zero-order valence-electron chi connectivity index (χ0n) is 11.1. The number of nitrogens with one attached hydrogen (secondary N) is 1. The Balaban J connectivity index is 2.26. The van der Waals surface area contributed by atoms with Crippen molar-refractivity contribution in [3.63, 3.8) is 0 Å². The second kappa shape index (κ2) is 5.57. The van der Waals surface area contributed by atoms with E-state index in [2.05, 4.69) is 5.32 Å². The summed E-state index contributed by atoms with van der Waals surface area (Å²) in [5, 5.41) is 12.4. The molecule has 3 heteroatoms. The number of carboxylic acids is 1. The number of carboxylic acid groups (broad SMARTS) is 1. The zero-order valence-corrected chi connectivity index (χ0v) is 11.1. The summed E-state index contributed by atoms with van der Waals surface area (Å²) in [6.07, 6.45) is 0. The molecule has 98 valence electrons. The summed E-state index contributed by atoms with van der Waals surface area (Å²) in [4.78, 5) is 11.4. The third-order valence-corrected chi connectivity index (χ3v) is 2.98. The first-order chi connectivity index (χ1) is 9.06. The topological polar surface area (TPSA) is 49.3 Å². The minimum absolute atomic E-state index is 0.734. The molecule has 1 unspecified atom stereocenters. The van der Waals surface area contributed by atoms with Gasteiger partial charge in [0.1, 0.15) is 0 Å². The van der Waals surface area contributed by atoms with Crippen molar-refractivity contribution in [2.75, 3.05) is 5.32 Å². The summed E-state index contributed by atoms with van der Waals surface area (Å²) < 4.78 is 0. The molecule has 2 rings (SSSR count). The maximum atomic E-state index is 11.4. The fraction of sp³-hybridized carbons (Fsp3) is 0.188. The largest absolute Gasteiger partial charge is 0.479 e. The Kier molecular flexibility index (Phi) is 3.85. The highest BCUT2D eigenvalue weighted by Crippen LogP contribution is 2.21. The Morgan fingerprint density at radius 2 is 1.74 bits per heavy atom. The van der Waals surface area contributed by atoms with Crippen LogP contribution < -0.4 is 5.32 Å². The van der Waals surface area contributed by atoms with Gasteiger partial charge < -0.3 is 10.4 Å². The minimum atomic E-state index is -0.883. The molecular weight excluding hydrogens is 238 g/mol. The van der Waals surface area contributed by atoms with Crippen LogP contribution in [-0.4, -0.2) is 11.1 Å². The summed E-state index contributed by atoms with van der Waals surface area (Å²) in [6, 6.07) is 14.5. The third kappa shape index (κ3) is 3.35. The van der Waals surface area contributed by atoms with Crippen LogP contribution in [0, 0.1) is 13.8 Å². The fourth-order valence-corrected chi connectivity index (χ4v) is 1.95. The van der Waals surface area contributed by atoms with Gasteiger partial charge in [-0.1, -0.05) is 47.5 Å². The van der Waals surface area contributed by atoms with Crippen LogP contribution in [0.5, 0.6) is 0 Å². The van der Waals surface area contributed by atoms with Gasteiger partial charge in [0.25, 0.3) is 0 Å². The van der Waals surface area contributed by atoms with E-state index in [1.807, 2.05) is 62.4 Å². The number of aryl methyl sites for hydroxylation is 2. The summed E-state index contributed by atoms with van der Waals surface area (Å²) in [7, 11) is 0. The van der Waals surface area contributed by atoms with Gasteiger partial charge in [0.2, 0.25) is 0 Å². The molecule has 19 heavy (non-hydrogen) atoms. The molecule has 1 atom stereocenters. The third-order valence-electron chi connectivity index (χ3n) is 2.98. The standard InChI is InChI=1S/C16H17NO2/c1-11-6-8-14(9-7-11)17-15(16(18)19)13-5-3-4-12(2)10-13/h3-10,15,17H,1-2H3,(H,18,19). The number of hydrogen-bond acceptors (Lipinski definition) is 2. The van der Waals surface area contributed by atoms with Gasteiger partial charge in [-0.15, -0.1) is 0 Å². The van der Waals surface area contributed by atoms with Crippen LogP contribution in [-0.2, 0) is 4.79 Å². The van der Waals surface area contributed by atoms with Gasteiger partial charge in [-0.3, -0.25) is 0 Å². The molecule has 0 amide bonds. The van der Waals surface area contributed by atoms with Crippen molar-refractivity contribution in [1.82, 2.24) is 0 Å². The van der Waals surface area contributed by atoms with E-state index in [4.69, 9.17) is 0 Å². The molecule has 0 aliphatic heterocycles. The van der Waals surface area contributed by atoms with E-state index < -0.39 is 12.0 Å². The monoisotopic (exact) mass is 255 g/mol. The van der Waals surface area contributed by atoms with E-state index in [-0.39, 0.29) is 0 Å². The molecule has 0 aromatic heterocycles. The van der Waals surface area contributed by atoms with Gasteiger partial charge in [0.15, 0.2) is 6.04 Å². The van der Waals surface area contributed by atoms with Crippen molar-refractivity contribution in [3.05, 3.63) is 65.2 Å². The average molecular weight is 255 g/mol. The summed E-state index contributed by atoms with van der Waals surface area (Å²) >= 11 is 0. The van der Waals surface area contributed by atoms with Crippen molar-refractivity contribution in [2.45, 2.75) is 19.9 Å². The quantitative estimate of drug-likeness (QED) is 0.878. The Morgan fingerprint density at radius 1 is 1.05 bits per heavy atom. The Morgan fingerprint density at radius 3 is 2.32 bits per heavy atom. The summed E-state index contributed by atoms with van der Waals surface area (Å²) in [6.45, 7) is 3.95. The number of aliphatic carboxylic acids is 1. The van der Waals surface area contributed by atoms with Crippen LogP contribution in [0.4, 0.5) is 5.69 Å². The van der Waals surface area contributed by atoms with E-state index in [1.165, 1.54) is 0 Å². The zero-order chi connectivity index (χ0) is 13.8. The second-order valence-corrected chi connectivity index (χ2v) is 4.70. The molecule has 3 nitrogen and oxygen atoms in total. The molecule has 0 aliphatic rings. The van der Waals surface area contributed by atoms with Crippen molar-refractivity contribution in [1.29, 1.82) is 0 Å². The first-order valence-corrected chi connectivity index (χ1v) is 6.19. The number of hydrogen-bond donors (Lipinski definition) is 2. The maximum absolute atomic E-state index is 11.4. The highest BCUT2D eigenvalue weighted by molar-refractivity contribution is 5.79. The molecule has 2 aromatic rings. The molecule has 0 spiro atoms. The lowest BCUT2D eigenvalue weighted by Gasteiger charge is -2.16. The predicted octanol–water partition coefficient (Wildman–Crippen LogP) is 3.54. The second-order valence-electron chi connectivity index (χ2n) is 4.70. The van der Waals surface area contributed by atoms with Crippen LogP contribution in [0.15, 0.2) is 48.5 Å². The molecule has 0 bridgehead atoms. The molecule has 0 heterocycles. The molecule has 0 radical (unpaired) electrons. The van der Waals surface area contributed by atoms with Crippen LogP contribution in [0.25, 0.3) is 0 Å². The van der Waals surface area contributed by atoms with Gasteiger partial charge in [-0.2, -0.15) is 0 Å². The van der Waals surface area contributed by atoms with Gasteiger partial charge in [0.05, 0.1) is 0 Å². The normalized spacial score (nSPS) is 11.9. The first-order valence-electron chi connectivity index (χ1n) is 6.19. The number of carbonyl (C=O) groups is 1. The van der Waals surface area contributed by atoms with E-state index in [9.17, 15) is 9.90 Å². The van der Waals surface area contributed by atoms with E-state index in [1.54, 1.807) is 0 Å². The van der Waals surface area contributed by atoms with Crippen LogP contribution in [0.1, 0.15) is 22.7 Å². The highest BCUT2D eigenvalue weighted by Gasteiger charge is 2.19. The molecule has 2 aromatic carbocycles. The van der Waals surface area contributed by atoms with Gasteiger partial charge in [-0.05, 0) is 31.5 Å². The van der Waals surface area contributed by atoms with E-state index in [0.29, 0.717) is 0 Å².